The van der Waals surface area contributed by atoms with E-state index in [0.717, 1.165) is 0 Å². The summed E-state index contributed by atoms with van der Waals surface area (Å²) in [4.78, 5) is 11.6. The zero-order valence-electron chi connectivity index (χ0n) is 10.1. The van der Waals surface area contributed by atoms with Crippen LogP contribution in [0.2, 0.25) is 0 Å². The molecule has 0 spiro atoms. The molecule has 0 aliphatic carbocycles. The van der Waals surface area contributed by atoms with Crippen LogP contribution in [0.3, 0.4) is 0 Å². The molecule has 2 N–H and O–H groups in total. The van der Waals surface area contributed by atoms with Gasteiger partial charge in [0.25, 0.3) is 0 Å². The number of anilines is 1. The number of rotatable bonds is 5. The average molecular weight is 264 g/mol. The average Bonchev–Trinajstić information content (AvgIpc) is 2.84. The maximum absolute atomic E-state index is 12.9. The van der Waals surface area contributed by atoms with Gasteiger partial charge in [-0.25, -0.2) is 4.39 Å². The van der Waals surface area contributed by atoms with Crippen molar-refractivity contribution in [3.8, 4) is 0 Å². The third-order valence-electron chi connectivity index (χ3n) is 2.42. The topological polar surface area (TPSA) is 80.0 Å². The number of carbonyl (C=O) groups excluding carboxylic acids is 1. The Bertz CT molecular complexity index is 570. The predicted molar refractivity (Wildman–Crippen MR) is 65.6 cm³/mol. The molecule has 1 aromatic carbocycles. The van der Waals surface area contributed by atoms with Crippen molar-refractivity contribution in [1.29, 1.82) is 0 Å². The van der Waals surface area contributed by atoms with Crippen LogP contribution < -0.4 is 5.32 Å². The molecule has 1 aromatic heterocycles. The number of aliphatic hydroxyl groups is 1. The summed E-state index contributed by atoms with van der Waals surface area (Å²) < 4.78 is 14.4. The summed E-state index contributed by atoms with van der Waals surface area (Å²) in [5.41, 5.74) is 0.866. The lowest BCUT2D eigenvalue weighted by Crippen LogP contribution is -2.14. The number of carbonyl (C=O) groups is 1. The van der Waals surface area contributed by atoms with Gasteiger partial charge in [0.05, 0.1) is 19.3 Å². The Morgan fingerprint density at radius 3 is 3.00 bits per heavy atom. The number of aliphatic hydroxyl groups excluding tert-OH is 1. The van der Waals surface area contributed by atoms with Crippen molar-refractivity contribution in [2.75, 3.05) is 5.32 Å². The van der Waals surface area contributed by atoms with Crippen LogP contribution in [0.25, 0.3) is 0 Å². The molecule has 0 unspecified atom stereocenters. The van der Waals surface area contributed by atoms with Crippen molar-refractivity contribution in [1.82, 2.24) is 15.0 Å². The number of halogens is 1. The third-order valence-corrected chi connectivity index (χ3v) is 2.42. The lowest BCUT2D eigenvalue weighted by atomic mass is 10.3. The molecule has 0 radical (unpaired) electrons. The van der Waals surface area contributed by atoms with Gasteiger partial charge >= 0.3 is 0 Å². The van der Waals surface area contributed by atoms with Gasteiger partial charge in [-0.2, -0.15) is 0 Å². The molecule has 19 heavy (non-hydrogen) atoms. The quantitative estimate of drug-likeness (QED) is 0.842. The molecule has 6 nitrogen and oxygen atoms in total. The molecule has 2 rings (SSSR count). The van der Waals surface area contributed by atoms with Crippen LogP contribution in [0.15, 0.2) is 30.5 Å². The molecule has 0 bridgehead atoms. The van der Waals surface area contributed by atoms with E-state index in [-0.39, 0.29) is 18.9 Å². The summed E-state index contributed by atoms with van der Waals surface area (Å²) in [6, 6.07) is 5.69. The van der Waals surface area contributed by atoms with E-state index < -0.39 is 5.82 Å². The fourth-order valence-corrected chi connectivity index (χ4v) is 1.53. The summed E-state index contributed by atoms with van der Waals surface area (Å²) in [6.07, 6.45) is 1.75. The van der Waals surface area contributed by atoms with E-state index >= 15 is 0 Å². The number of amides is 1. The van der Waals surface area contributed by atoms with Crippen molar-refractivity contribution < 1.29 is 14.3 Å². The monoisotopic (exact) mass is 264 g/mol. The van der Waals surface area contributed by atoms with Gasteiger partial charge in [-0.15, -0.1) is 5.10 Å². The highest BCUT2D eigenvalue weighted by Gasteiger charge is 2.05. The fourth-order valence-electron chi connectivity index (χ4n) is 1.53. The molecule has 0 aliphatic rings. The first-order chi connectivity index (χ1) is 9.17. The molecule has 0 atom stereocenters. The molecule has 1 amide bonds. The molecule has 0 saturated heterocycles. The SMILES string of the molecule is O=C(CCn1cc(CO)nn1)Nc1cccc(F)c1. The number of nitrogens with zero attached hydrogens (tertiary/aromatic N) is 3. The van der Waals surface area contributed by atoms with Gasteiger partial charge in [0.15, 0.2) is 0 Å². The van der Waals surface area contributed by atoms with Crippen LogP contribution in [0.4, 0.5) is 10.1 Å². The van der Waals surface area contributed by atoms with Gasteiger partial charge in [0.1, 0.15) is 11.5 Å². The van der Waals surface area contributed by atoms with Crippen molar-refractivity contribution in [3.63, 3.8) is 0 Å². The summed E-state index contributed by atoms with van der Waals surface area (Å²) in [5, 5.41) is 18.8. The van der Waals surface area contributed by atoms with Crippen LogP contribution in [-0.4, -0.2) is 26.0 Å². The Labute approximate surface area is 108 Å². The molecule has 100 valence electrons. The Morgan fingerprint density at radius 2 is 2.32 bits per heavy atom. The number of hydrogen-bond donors (Lipinski definition) is 2. The van der Waals surface area contributed by atoms with E-state index in [0.29, 0.717) is 17.9 Å². The summed E-state index contributed by atoms with van der Waals surface area (Å²) >= 11 is 0. The minimum Gasteiger partial charge on any atom is -0.390 e. The van der Waals surface area contributed by atoms with Crippen LogP contribution >= 0.6 is 0 Å². The van der Waals surface area contributed by atoms with Gasteiger partial charge < -0.3 is 10.4 Å². The minimum atomic E-state index is -0.401. The number of aromatic nitrogens is 3. The van der Waals surface area contributed by atoms with Crippen LogP contribution in [0.5, 0.6) is 0 Å². The molecule has 0 saturated carbocycles. The van der Waals surface area contributed by atoms with E-state index in [2.05, 4.69) is 15.6 Å². The molecule has 0 aliphatic heterocycles. The minimum absolute atomic E-state index is 0.185. The number of hydrogen-bond acceptors (Lipinski definition) is 4. The van der Waals surface area contributed by atoms with Gasteiger partial charge in [-0.1, -0.05) is 11.3 Å². The molecular weight excluding hydrogens is 251 g/mol. The normalized spacial score (nSPS) is 10.4. The summed E-state index contributed by atoms with van der Waals surface area (Å²) in [5.74, 6) is -0.645. The molecule has 2 aromatic rings. The van der Waals surface area contributed by atoms with Crippen LogP contribution in [-0.2, 0) is 17.9 Å². The van der Waals surface area contributed by atoms with Crippen molar-refractivity contribution in [3.05, 3.63) is 42.0 Å². The molecule has 0 fully saturated rings. The largest absolute Gasteiger partial charge is 0.390 e. The van der Waals surface area contributed by atoms with E-state index in [1.54, 1.807) is 12.3 Å². The summed E-state index contributed by atoms with van der Waals surface area (Å²) in [7, 11) is 0. The lowest BCUT2D eigenvalue weighted by Gasteiger charge is -2.04. The van der Waals surface area contributed by atoms with Gasteiger partial charge in [-0.3, -0.25) is 9.48 Å². The first-order valence-corrected chi connectivity index (χ1v) is 5.72. The second-order valence-electron chi connectivity index (χ2n) is 3.94. The highest BCUT2D eigenvalue weighted by molar-refractivity contribution is 5.90. The van der Waals surface area contributed by atoms with Gasteiger partial charge in [-0.05, 0) is 18.2 Å². The Kier molecular flexibility index (Phi) is 4.19. The molecule has 1 heterocycles. The Hall–Kier alpha value is -2.28. The molecular formula is C12H13FN4O2. The van der Waals surface area contributed by atoms with Crippen LogP contribution in [0, 0.1) is 5.82 Å². The first kappa shape index (κ1) is 13.2. The maximum atomic E-state index is 12.9. The third kappa shape index (κ3) is 3.85. The smallest absolute Gasteiger partial charge is 0.226 e. The zero-order chi connectivity index (χ0) is 13.7. The number of benzene rings is 1. The van der Waals surface area contributed by atoms with Crippen molar-refractivity contribution >= 4 is 11.6 Å². The summed E-state index contributed by atoms with van der Waals surface area (Å²) in [6.45, 7) is 0.156. The van der Waals surface area contributed by atoms with E-state index in [1.165, 1.54) is 22.9 Å². The fraction of sp³-hybridized carbons (Fsp3) is 0.250. The van der Waals surface area contributed by atoms with E-state index in [9.17, 15) is 9.18 Å². The number of aryl methyl sites for hydroxylation is 1. The van der Waals surface area contributed by atoms with Gasteiger partial charge in [0.2, 0.25) is 5.91 Å². The van der Waals surface area contributed by atoms with Crippen LogP contribution in [0.1, 0.15) is 12.1 Å². The Morgan fingerprint density at radius 1 is 1.47 bits per heavy atom. The highest BCUT2D eigenvalue weighted by Crippen LogP contribution is 2.09. The maximum Gasteiger partial charge on any atom is 0.226 e. The second-order valence-corrected chi connectivity index (χ2v) is 3.94. The second kappa shape index (κ2) is 6.05. The van der Waals surface area contributed by atoms with Crippen molar-refractivity contribution in [2.45, 2.75) is 19.6 Å². The zero-order valence-corrected chi connectivity index (χ0v) is 10.1. The number of nitrogens with one attached hydrogen (secondary N) is 1. The van der Waals surface area contributed by atoms with Crippen molar-refractivity contribution in [2.24, 2.45) is 0 Å². The lowest BCUT2D eigenvalue weighted by molar-refractivity contribution is -0.116. The predicted octanol–water partition coefficient (Wildman–Crippen LogP) is 0.938. The van der Waals surface area contributed by atoms with Gasteiger partial charge in [0, 0.05) is 12.1 Å². The molecule has 7 heteroatoms. The van der Waals surface area contributed by atoms with E-state index in [4.69, 9.17) is 5.11 Å². The Balaban J connectivity index is 1.84. The highest BCUT2D eigenvalue weighted by atomic mass is 19.1. The van der Waals surface area contributed by atoms with E-state index in [1.807, 2.05) is 0 Å². The standard InChI is InChI=1S/C12H13FN4O2/c13-9-2-1-3-10(6-9)14-12(19)4-5-17-7-11(8-18)15-16-17/h1-3,6-7,18H,4-5,8H2,(H,14,19). The first-order valence-electron chi connectivity index (χ1n) is 5.72.